The predicted molar refractivity (Wildman–Crippen MR) is 92.6 cm³/mol. The Bertz CT molecular complexity index is 809. The minimum atomic E-state index is 0.120. The van der Waals surface area contributed by atoms with Crippen molar-refractivity contribution in [3.63, 3.8) is 0 Å². The number of nitrogens with zero attached hydrogens (tertiary/aromatic N) is 1. The van der Waals surface area contributed by atoms with Crippen LogP contribution in [-0.2, 0) is 0 Å². The first-order valence-electron chi connectivity index (χ1n) is 6.86. The van der Waals surface area contributed by atoms with E-state index < -0.39 is 0 Å². The van der Waals surface area contributed by atoms with Crippen molar-refractivity contribution in [3.05, 3.63) is 53.0 Å². The van der Waals surface area contributed by atoms with Crippen molar-refractivity contribution in [2.75, 3.05) is 6.61 Å². The van der Waals surface area contributed by atoms with Gasteiger partial charge in [0.2, 0.25) is 0 Å². The van der Waals surface area contributed by atoms with E-state index in [4.69, 9.17) is 16.3 Å². The molecule has 0 radical (unpaired) electrons. The highest BCUT2D eigenvalue weighted by atomic mass is 35.5. The van der Waals surface area contributed by atoms with Crippen LogP contribution < -0.4 is 4.74 Å². The van der Waals surface area contributed by atoms with Gasteiger partial charge in [0.25, 0.3) is 0 Å². The monoisotopic (exact) mass is 331 g/mol. The van der Waals surface area contributed by atoms with E-state index >= 15 is 0 Å². The van der Waals surface area contributed by atoms with Gasteiger partial charge in [-0.1, -0.05) is 29.8 Å². The van der Waals surface area contributed by atoms with Crippen LogP contribution in [0.1, 0.15) is 17.5 Å². The summed E-state index contributed by atoms with van der Waals surface area (Å²) < 4.78 is 6.48. The molecule has 1 heterocycles. The molecule has 0 saturated heterocycles. The highest BCUT2D eigenvalue weighted by molar-refractivity contribution is 7.20. The molecule has 2 aromatic carbocycles. The van der Waals surface area contributed by atoms with Crippen molar-refractivity contribution in [1.29, 1.82) is 0 Å². The Morgan fingerprint density at radius 2 is 2.14 bits per heavy atom. The van der Waals surface area contributed by atoms with Crippen LogP contribution in [0.15, 0.2) is 42.5 Å². The van der Waals surface area contributed by atoms with Crippen molar-refractivity contribution in [1.82, 2.24) is 4.98 Å². The lowest BCUT2D eigenvalue weighted by Gasteiger charge is -2.06. The fourth-order valence-corrected chi connectivity index (χ4v) is 3.23. The lowest BCUT2D eigenvalue weighted by Crippen LogP contribution is -1.92. The normalized spacial score (nSPS) is 11.8. The topological polar surface area (TPSA) is 42.4 Å². The third-order valence-electron chi connectivity index (χ3n) is 3.08. The van der Waals surface area contributed by atoms with E-state index in [1.807, 2.05) is 37.3 Å². The van der Waals surface area contributed by atoms with Crippen LogP contribution >= 0.6 is 22.9 Å². The van der Waals surface area contributed by atoms with Crippen LogP contribution in [-0.4, -0.2) is 16.7 Å². The highest BCUT2D eigenvalue weighted by Crippen LogP contribution is 2.32. The summed E-state index contributed by atoms with van der Waals surface area (Å²) in [5, 5.41) is 11.1. The number of aromatic hydroxyl groups is 1. The standard InChI is InChI=1S/C17H14ClNO2S/c1-2-21-15-10-11(7-8-14(15)20)9-12(18)17-19-13-5-3-4-6-16(13)22-17/h3-10,20H,2H2,1H3/b12-9-. The molecule has 1 N–H and O–H groups in total. The maximum absolute atomic E-state index is 9.72. The van der Waals surface area contributed by atoms with Gasteiger partial charge in [-0.25, -0.2) is 4.98 Å². The molecule has 3 nitrogen and oxygen atoms in total. The van der Waals surface area contributed by atoms with E-state index in [1.165, 1.54) is 0 Å². The second-order valence-electron chi connectivity index (χ2n) is 4.64. The van der Waals surface area contributed by atoms with Gasteiger partial charge in [0.1, 0.15) is 5.01 Å². The van der Waals surface area contributed by atoms with Gasteiger partial charge in [0.15, 0.2) is 11.5 Å². The maximum atomic E-state index is 9.72. The average molecular weight is 332 g/mol. The largest absolute Gasteiger partial charge is 0.504 e. The molecule has 3 rings (SSSR count). The van der Waals surface area contributed by atoms with Gasteiger partial charge in [0.05, 0.1) is 21.9 Å². The summed E-state index contributed by atoms with van der Waals surface area (Å²) in [5.41, 5.74) is 1.79. The number of hydrogen-bond donors (Lipinski definition) is 1. The van der Waals surface area contributed by atoms with Crippen molar-refractivity contribution in [2.45, 2.75) is 6.92 Å². The quantitative estimate of drug-likeness (QED) is 0.720. The molecule has 0 unspecified atom stereocenters. The molecule has 5 heteroatoms. The van der Waals surface area contributed by atoms with Crippen LogP contribution in [0.5, 0.6) is 11.5 Å². The molecular weight excluding hydrogens is 318 g/mol. The zero-order valence-electron chi connectivity index (χ0n) is 11.9. The van der Waals surface area contributed by atoms with Crippen molar-refractivity contribution in [3.8, 4) is 11.5 Å². The number of phenolic OH excluding ortho intramolecular Hbond substituents is 1. The molecule has 0 aliphatic carbocycles. The van der Waals surface area contributed by atoms with Crippen molar-refractivity contribution in [2.24, 2.45) is 0 Å². The van der Waals surface area contributed by atoms with Gasteiger partial charge in [-0.2, -0.15) is 0 Å². The lowest BCUT2D eigenvalue weighted by atomic mass is 10.2. The lowest BCUT2D eigenvalue weighted by molar-refractivity contribution is 0.318. The Balaban J connectivity index is 1.95. The van der Waals surface area contributed by atoms with Crippen molar-refractivity contribution < 1.29 is 9.84 Å². The smallest absolute Gasteiger partial charge is 0.161 e. The Kier molecular flexibility index (Phi) is 4.32. The van der Waals surface area contributed by atoms with E-state index in [9.17, 15) is 5.11 Å². The molecular formula is C17H14ClNO2S. The van der Waals surface area contributed by atoms with E-state index in [2.05, 4.69) is 4.98 Å². The molecule has 1 aromatic heterocycles. The Hall–Kier alpha value is -2.04. The van der Waals surface area contributed by atoms with E-state index in [1.54, 1.807) is 29.5 Å². The second-order valence-corrected chi connectivity index (χ2v) is 6.08. The van der Waals surface area contributed by atoms with Gasteiger partial charge in [-0.05, 0) is 42.8 Å². The number of halogens is 1. The zero-order valence-corrected chi connectivity index (χ0v) is 13.5. The van der Waals surface area contributed by atoms with Crippen LogP contribution in [0.4, 0.5) is 0 Å². The fourth-order valence-electron chi connectivity index (χ4n) is 2.07. The summed E-state index contributed by atoms with van der Waals surface area (Å²) in [4.78, 5) is 4.52. The Labute approximate surface area is 137 Å². The number of fused-ring (bicyclic) bond motifs is 1. The third-order valence-corrected chi connectivity index (χ3v) is 4.55. The highest BCUT2D eigenvalue weighted by Gasteiger charge is 2.08. The molecule has 0 amide bonds. The molecule has 0 aliphatic rings. The molecule has 0 atom stereocenters. The first-order valence-corrected chi connectivity index (χ1v) is 8.06. The third kappa shape index (κ3) is 3.08. The molecule has 3 aromatic rings. The van der Waals surface area contributed by atoms with Gasteiger partial charge in [0, 0.05) is 0 Å². The molecule has 0 aliphatic heterocycles. The van der Waals surface area contributed by atoms with E-state index in [0.717, 1.165) is 20.8 Å². The number of benzene rings is 2. The molecule has 0 bridgehead atoms. The van der Waals surface area contributed by atoms with Crippen molar-refractivity contribution >= 4 is 44.3 Å². The van der Waals surface area contributed by atoms with Crippen LogP contribution in [0.3, 0.4) is 0 Å². The van der Waals surface area contributed by atoms with Gasteiger partial charge >= 0.3 is 0 Å². The minimum absolute atomic E-state index is 0.120. The van der Waals surface area contributed by atoms with Crippen LogP contribution in [0.2, 0.25) is 0 Å². The molecule has 22 heavy (non-hydrogen) atoms. The zero-order chi connectivity index (χ0) is 15.5. The number of para-hydroxylation sites is 1. The number of thiazole rings is 1. The predicted octanol–water partition coefficient (Wildman–Crippen LogP) is 5.14. The average Bonchev–Trinajstić information content (AvgIpc) is 2.95. The summed E-state index contributed by atoms with van der Waals surface area (Å²) in [6.07, 6.45) is 1.82. The molecule has 0 spiro atoms. The SMILES string of the molecule is CCOc1cc(/C=C(\Cl)c2nc3ccccc3s2)ccc1O. The number of hydrogen-bond acceptors (Lipinski definition) is 4. The summed E-state index contributed by atoms with van der Waals surface area (Å²) >= 11 is 7.94. The van der Waals surface area contributed by atoms with E-state index in [0.29, 0.717) is 17.4 Å². The fraction of sp³-hybridized carbons (Fsp3) is 0.118. The molecule has 0 saturated carbocycles. The van der Waals surface area contributed by atoms with Crippen LogP contribution in [0, 0.1) is 0 Å². The first-order chi connectivity index (χ1) is 10.7. The summed E-state index contributed by atoms with van der Waals surface area (Å²) in [6.45, 7) is 2.36. The van der Waals surface area contributed by atoms with Gasteiger partial charge in [-0.3, -0.25) is 0 Å². The Morgan fingerprint density at radius 3 is 2.91 bits per heavy atom. The van der Waals surface area contributed by atoms with E-state index in [-0.39, 0.29) is 5.75 Å². The Morgan fingerprint density at radius 1 is 1.32 bits per heavy atom. The molecule has 112 valence electrons. The first kappa shape index (κ1) is 14.9. The number of rotatable bonds is 4. The summed E-state index contributed by atoms with van der Waals surface area (Å²) in [5.74, 6) is 0.570. The number of phenols is 1. The summed E-state index contributed by atoms with van der Waals surface area (Å²) in [7, 11) is 0. The van der Waals surface area contributed by atoms with Crippen LogP contribution in [0.25, 0.3) is 21.3 Å². The number of ether oxygens (including phenoxy) is 1. The maximum Gasteiger partial charge on any atom is 0.161 e. The summed E-state index contributed by atoms with van der Waals surface area (Å²) in [6, 6.07) is 13.1. The number of aromatic nitrogens is 1. The second kappa shape index (κ2) is 6.38. The van der Waals surface area contributed by atoms with Gasteiger partial charge < -0.3 is 9.84 Å². The molecule has 0 fully saturated rings. The van der Waals surface area contributed by atoms with Gasteiger partial charge in [-0.15, -0.1) is 11.3 Å². The minimum Gasteiger partial charge on any atom is -0.504 e.